The van der Waals surface area contributed by atoms with E-state index < -0.39 is 0 Å². The van der Waals surface area contributed by atoms with Gasteiger partial charge in [0.15, 0.2) is 0 Å². The van der Waals surface area contributed by atoms with Crippen LogP contribution in [0.4, 0.5) is 0 Å². The first-order valence-corrected chi connectivity index (χ1v) is 7.50. The molecule has 7 heteroatoms. The summed E-state index contributed by atoms with van der Waals surface area (Å²) in [5, 5.41) is 3.99. The second-order valence-corrected chi connectivity index (χ2v) is 5.44. The van der Waals surface area contributed by atoms with Crippen molar-refractivity contribution in [1.29, 1.82) is 0 Å². The molecule has 116 valence electrons. The van der Waals surface area contributed by atoms with Crippen molar-refractivity contribution in [3.8, 4) is 5.95 Å². The Hall–Kier alpha value is -2.44. The van der Waals surface area contributed by atoms with Crippen molar-refractivity contribution in [2.24, 2.45) is 0 Å². The van der Waals surface area contributed by atoms with Crippen LogP contribution in [-0.2, 0) is 16.0 Å². The third-order valence-electron chi connectivity index (χ3n) is 3.77. The Labute approximate surface area is 127 Å². The van der Waals surface area contributed by atoms with Crippen molar-refractivity contribution in [2.45, 2.75) is 44.6 Å². The zero-order valence-electron chi connectivity index (χ0n) is 12.2. The number of nitrogens with one attached hydrogen (secondary N) is 1. The first-order chi connectivity index (χ1) is 10.7. The van der Waals surface area contributed by atoms with Crippen molar-refractivity contribution in [1.82, 2.24) is 19.7 Å². The molecule has 0 aromatic carbocycles. The molecule has 0 aliphatic heterocycles. The Morgan fingerprint density at radius 1 is 1.36 bits per heavy atom. The molecule has 22 heavy (non-hydrogen) atoms. The van der Waals surface area contributed by atoms with Crippen molar-refractivity contribution in [3.05, 3.63) is 40.6 Å². The molecule has 2 aromatic heterocycles. The number of hydrogen-bond acceptors (Lipinski definition) is 5. The number of H-pyrrole nitrogens is 1. The molecule has 1 aliphatic rings. The number of aromatic nitrogens is 4. The second kappa shape index (κ2) is 6.55. The van der Waals surface area contributed by atoms with Gasteiger partial charge >= 0.3 is 5.97 Å². The van der Waals surface area contributed by atoms with E-state index in [1.165, 1.54) is 17.3 Å². The summed E-state index contributed by atoms with van der Waals surface area (Å²) in [4.78, 5) is 30.7. The molecule has 0 atom stereocenters. The normalized spacial score (nSPS) is 15.6. The van der Waals surface area contributed by atoms with E-state index >= 15 is 0 Å². The zero-order chi connectivity index (χ0) is 15.4. The molecule has 0 amide bonds. The average Bonchev–Trinajstić information content (AvgIpc) is 3.04. The van der Waals surface area contributed by atoms with Gasteiger partial charge in [-0.1, -0.05) is 6.42 Å². The van der Waals surface area contributed by atoms with Crippen LogP contribution in [0.15, 0.2) is 29.5 Å². The van der Waals surface area contributed by atoms with E-state index in [9.17, 15) is 9.59 Å². The maximum absolute atomic E-state index is 12.0. The highest BCUT2D eigenvalue weighted by Crippen LogP contribution is 2.20. The number of rotatable bonds is 4. The van der Waals surface area contributed by atoms with E-state index in [2.05, 4.69) is 15.1 Å². The molecule has 0 unspecified atom stereocenters. The minimum atomic E-state index is -0.369. The number of hydrogen-bond donors (Lipinski definition) is 1. The van der Waals surface area contributed by atoms with Gasteiger partial charge in [0, 0.05) is 24.2 Å². The lowest BCUT2D eigenvalue weighted by Crippen LogP contribution is -2.25. The third kappa shape index (κ3) is 3.41. The molecule has 1 N–H and O–H groups in total. The number of aromatic amines is 1. The quantitative estimate of drug-likeness (QED) is 0.862. The summed E-state index contributed by atoms with van der Waals surface area (Å²) in [6.07, 6.45) is 9.83. The van der Waals surface area contributed by atoms with E-state index in [-0.39, 0.29) is 24.1 Å². The maximum Gasteiger partial charge on any atom is 0.310 e. The van der Waals surface area contributed by atoms with Gasteiger partial charge in [0.1, 0.15) is 6.10 Å². The number of nitrogens with zero attached hydrogens (tertiary/aromatic N) is 3. The Kier molecular flexibility index (Phi) is 4.32. The maximum atomic E-state index is 12.0. The molecule has 7 nitrogen and oxygen atoms in total. The summed E-state index contributed by atoms with van der Waals surface area (Å²) < 4.78 is 6.87. The fourth-order valence-corrected chi connectivity index (χ4v) is 2.61. The van der Waals surface area contributed by atoms with Gasteiger partial charge in [-0.25, -0.2) is 9.67 Å². The predicted molar refractivity (Wildman–Crippen MR) is 78.6 cm³/mol. The molecule has 2 aromatic rings. The van der Waals surface area contributed by atoms with Crippen LogP contribution >= 0.6 is 0 Å². The highest BCUT2D eigenvalue weighted by atomic mass is 16.5. The number of esters is 1. The summed E-state index contributed by atoms with van der Waals surface area (Å²) >= 11 is 0. The molecule has 0 spiro atoms. The Morgan fingerprint density at radius 2 is 2.18 bits per heavy atom. The van der Waals surface area contributed by atoms with Crippen LogP contribution in [0.3, 0.4) is 0 Å². The number of ether oxygens (including phenoxy) is 1. The molecule has 0 radical (unpaired) electrons. The van der Waals surface area contributed by atoms with Crippen LogP contribution < -0.4 is 5.56 Å². The van der Waals surface area contributed by atoms with Gasteiger partial charge in [0.2, 0.25) is 5.95 Å². The minimum Gasteiger partial charge on any atom is -0.462 e. The van der Waals surface area contributed by atoms with Gasteiger partial charge in [-0.2, -0.15) is 5.10 Å². The predicted octanol–water partition coefficient (Wildman–Crippen LogP) is 1.37. The van der Waals surface area contributed by atoms with Gasteiger partial charge in [0.25, 0.3) is 5.56 Å². The van der Waals surface area contributed by atoms with Crippen LogP contribution in [0.2, 0.25) is 0 Å². The lowest BCUT2D eigenvalue weighted by Gasteiger charge is -2.21. The first-order valence-electron chi connectivity index (χ1n) is 7.50. The van der Waals surface area contributed by atoms with E-state index in [1.807, 2.05) is 0 Å². The Balaban J connectivity index is 1.65. The van der Waals surface area contributed by atoms with Gasteiger partial charge < -0.3 is 4.74 Å². The highest BCUT2D eigenvalue weighted by molar-refractivity contribution is 5.72. The fraction of sp³-hybridized carbons (Fsp3) is 0.467. The average molecular weight is 302 g/mol. The number of carbonyl (C=O) groups excluding carboxylic acids is 1. The van der Waals surface area contributed by atoms with Crippen molar-refractivity contribution < 1.29 is 9.53 Å². The molecular formula is C15H18N4O3. The minimum absolute atomic E-state index is 0.00311. The van der Waals surface area contributed by atoms with Crippen molar-refractivity contribution in [2.75, 3.05) is 0 Å². The second-order valence-electron chi connectivity index (χ2n) is 5.44. The zero-order valence-corrected chi connectivity index (χ0v) is 12.2. The molecule has 2 heterocycles. The molecule has 0 saturated heterocycles. The van der Waals surface area contributed by atoms with E-state index in [1.54, 1.807) is 18.5 Å². The molecule has 3 rings (SSSR count). The van der Waals surface area contributed by atoms with Crippen LogP contribution in [0, 0.1) is 0 Å². The Morgan fingerprint density at radius 3 is 2.86 bits per heavy atom. The van der Waals surface area contributed by atoms with Gasteiger partial charge in [-0.05, 0) is 31.7 Å². The monoisotopic (exact) mass is 302 g/mol. The van der Waals surface area contributed by atoms with Gasteiger partial charge in [-0.3, -0.25) is 14.6 Å². The third-order valence-corrected chi connectivity index (χ3v) is 3.77. The van der Waals surface area contributed by atoms with Gasteiger partial charge in [0.05, 0.1) is 6.42 Å². The highest BCUT2D eigenvalue weighted by Gasteiger charge is 2.18. The molecule has 1 fully saturated rings. The lowest BCUT2D eigenvalue weighted by atomic mass is 9.98. The summed E-state index contributed by atoms with van der Waals surface area (Å²) in [6.45, 7) is 0. The van der Waals surface area contributed by atoms with Crippen LogP contribution in [0.5, 0.6) is 0 Å². The standard InChI is InChI=1S/C15H18N4O3/c20-13(22-12-5-2-1-3-6-12)9-11-10-16-15(18-14(11)21)19-8-4-7-17-19/h4,7-8,10,12H,1-3,5-6,9H2,(H,16,18,21). The molecule has 1 aliphatic carbocycles. The van der Waals surface area contributed by atoms with Gasteiger partial charge in [-0.15, -0.1) is 0 Å². The van der Waals surface area contributed by atoms with Crippen LogP contribution in [-0.4, -0.2) is 31.8 Å². The number of carbonyl (C=O) groups is 1. The Bertz CT molecular complexity index is 687. The molecule has 0 bridgehead atoms. The van der Waals surface area contributed by atoms with Crippen LogP contribution in [0.25, 0.3) is 5.95 Å². The summed E-state index contributed by atoms with van der Waals surface area (Å²) in [5.41, 5.74) is -0.0437. The van der Waals surface area contributed by atoms with Crippen molar-refractivity contribution in [3.63, 3.8) is 0 Å². The van der Waals surface area contributed by atoms with Crippen LogP contribution in [0.1, 0.15) is 37.7 Å². The molecule has 1 saturated carbocycles. The van der Waals surface area contributed by atoms with E-state index in [4.69, 9.17) is 4.74 Å². The first kappa shape index (κ1) is 14.5. The van der Waals surface area contributed by atoms with E-state index in [0.717, 1.165) is 25.7 Å². The summed E-state index contributed by atoms with van der Waals surface area (Å²) in [7, 11) is 0. The van der Waals surface area contributed by atoms with Crippen molar-refractivity contribution >= 4 is 5.97 Å². The summed E-state index contributed by atoms with van der Waals surface area (Å²) in [5.74, 6) is -0.0505. The largest absolute Gasteiger partial charge is 0.462 e. The fourth-order valence-electron chi connectivity index (χ4n) is 2.61. The SMILES string of the molecule is O=C(Cc1cnc(-n2cccn2)[nH]c1=O)OC1CCCCC1. The smallest absolute Gasteiger partial charge is 0.310 e. The summed E-state index contributed by atoms with van der Waals surface area (Å²) in [6, 6.07) is 1.73. The lowest BCUT2D eigenvalue weighted by molar-refractivity contribution is -0.149. The van der Waals surface area contributed by atoms with E-state index in [0.29, 0.717) is 11.5 Å². The molecular weight excluding hydrogens is 284 g/mol. The topological polar surface area (TPSA) is 89.9 Å².